The number of imidazole rings is 1. The van der Waals surface area contributed by atoms with Crippen molar-refractivity contribution in [3.63, 3.8) is 0 Å². The molecule has 0 aliphatic carbocycles. The van der Waals surface area contributed by atoms with Crippen molar-refractivity contribution in [2.45, 2.75) is 19.9 Å². The maximum atomic E-state index is 9.01. The molecule has 0 unspecified atom stereocenters. The van der Waals surface area contributed by atoms with Crippen LogP contribution >= 0.6 is 12.4 Å². The van der Waals surface area contributed by atoms with Gasteiger partial charge in [-0.1, -0.05) is 13.0 Å². The molecule has 0 atom stereocenters. The molecule has 0 saturated heterocycles. The Morgan fingerprint density at radius 2 is 2.12 bits per heavy atom. The summed E-state index contributed by atoms with van der Waals surface area (Å²) in [7, 11) is -1.43. The van der Waals surface area contributed by atoms with E-state index in [9.17, 15) is 0 Å². The lowest BCUT2D eigenvalue weighted by molar-refractivity contribution is 0.426. The first kappa shape index (κ1) is 13.0. The quantitative estimate of drug-likeness (QED) is 0.770. The van der Waals surface area contributed by atoms with Crippen LogP contribution < -0.4 is 5.46 Å². The fraction of sp³-hybridized carbons (Fsp3) is 0.300. The Morgan fingerprint density at radius 3 is 2.75 bits per heavy atom. The average Bonchev–Trinajstić information content (AvgIpc) is 2.61. The normalized spacial score (nSPS) is 10.2. The molecule has 1 aromatic carbocycles. The molecule has 4 nitrogen and oxygen atoms in total. The molecular weight excluding hydrogens is 226 g/mol. The fourth-order valence-electron chi connectivity index (χ4n) is 1.66. The van der Waals surface area contributed by atoms with Gasteiger partial charge in [0.25, 0.3) is 0 Å². The summed E-state index contributed by atoms with van der Waals surface area (Å²) in [4.78, 5) is 4.22. The average molecular weight is 240 g/mol. The monoisotopic (exact) mass is 240 g/mol. The lowest BCUT2D eigenvalue weighted by Gasteiger charge is -2.02. The summed E-state index contributed by atoms with van der Waals surface area (Å²) in [6.07, 6.45) is 2.83. The highest BCUT2D eigenvalue weighted by molar-refractivity contribution is 6.58. The summed E-state index contributed by atoms with van der Waals surface area (Å²) in [6.45, 7) is 3.04. The fourth-order valence-corrected chi connectivity index (χ4v) is 1.66. The van der Waals surface area contributed by atoms with Crippen molar-refractivity contribution < 1.29 is 10.0 Å². The van der Waals surface area contributed by atoms with E-state index in [1.807, 2.05) is 6.07 Å². The molecule has 0 amide bonds. The molecule has 2 N–H and O–H groups in total. The van der Waals surface area contributed by atoms with Crippen LogP contribution in [0.4, 0.5) is 0 Å². The van der Waals surface area contributed by atoms with E-state index in [1.54, 1.807) is 18.5 Å². The van der Waals surface area contributed by atoms with Gasteiger partial charge in [-0.2, -0.15) is 0 Å². The number of rotatable bonds is 3. The number of hydrogen-bond donors (Lipinski definition) is 2. The topological polar surface area (TPSA) is 58.3 Å². The molecule has 0 spiro atoms. The lowest BCUT2D eigenvalue weighted by atomic mass is 9.80. The van der Waals surface area contributed by atoms with Crippen LogP contribution in [0.5, 0.6) is 0 Å². The van der Waals surface area contributed by atoms with E-state index in [1.165, 1.54) is 0 Å². The first-order chi connectivity index (χ1) is 7.22. The number of aryl methyl sites for hydroxylation is 1. The van der Waals surface area contributed by atoms with Crippen molar-refractivity contribution in [3.8, 4) is 0 Å². The van der Waals surface area contributed by atoms with E-state index in [-0.39, 0.29) is 12.4 Å². The molecule has 6 heteroatoms. The standard InChI is InChI=1S/C10H13BN2O2.ClH/c1-2-5-13-7-12-9-6-8(11(14)15)3-4-10(9)13;/h3-4,6-7,14-15H,2,5H2,1H3;1H. The zero-order valence-corrected chi connectivity index (χ0v) is 9.81. The number of fused-ring (bicyclic) bond motifs is 1. The number of aromatic nitrogens is 2. The summed E-state index contributed by atoms with van der Waals surface area (Å²) in [6, 6.07) is 5.28. The Morgan fingerprint density at radius 1 is 1.38 bits per heavy atom. The molecule has 0 saturated carbocycles. The van der Waals surface area contributed by atoms with E-state index in [0.717, 1.165) is 24.0 Å². The van der Waals surface area contributed by atoms with Gasteiger partial charge in [0.05, 0.1) is 17.4 Å². The highest BCUT2D eigenvalue weighted by Gasteiger charge is 2.12. The minimum absolute atomic E-state index is 0. The van der Waals surface area contributed by atoms with Crippen molar-refractivity contribution in [1.82, 2.24) is 9.55 Å². The molecule has 16 heavy (non-hydrogen) atoms. The predicted molar refractivity (Wildman–Crippen MR) is 67.1 cm³/mol. The molecule has 0 aliphatic heterocycles. The zero-order valence-electron chi connectivity index (χ0n) is 9.00. The van der Waals surface area contributed by atoms with E-state index in [2.05, 4.69) is 16.5 Å². The number of benzene rings is 1. The SMILES string of the molecule is CCCn1cnc2cc(B(O)O)ccc21.Cl. The first-order valence-electron chi connectivity index (χ1n) is 5.03. The van der Waals surface area contributed by atoms with E-state index in [4.69, 9.17) is 10.0 Å². The second kappa shape index (κ2) is 5.34. The van der Waals surface area contributed by atoms with Gasteiger partial charge in [0.2, 0.25) is 0 Å². The highest BCUT2D eigenvalue weighted by atomic mass is 35.5. The smallest absolute Gasteiger partial charge is 0.423 e. The molecule has 2 aromatic rings. The van der Waals surface area contributed by atoms with E-state index in [0.29, 0.717) is 5.46 Å². The molecule has 0 radical (unpaired) electrons. The third-order valence-corrected chi connectivity index (χ3v) is 2.41. The number of halogens is 1. The Bertz CT molecular complexity index is 473. The van der Waals surface area contributed by atoms with Gasteiger partial charge < -0.3 is 14.6 Å². The largest absolute Gasteiger partial charge is 0.488 e. The predicted octanol–water partition coefficient (Wildman–Crippen LogP) is 0.548. The van der Waals surface area contributed by atoms with Crippen molar-refractivity contribution in [2.75, 3.05) is 0 Å². The Balaban J connectivity index is 0.00000128. The van der Waals surface area contributed by atoms with Crippen LogP contribution in [0, 0.1) is 0 Å². The zero-order chi connectivity index (χ0) is 10.8. The molecule has 1 heterocycles. The van der Waals surface area contributed by atoms with Crippen LogP contribution in [0.2, 0.25) is 0 Å². The first-order valence-corrected chi connectivity index (χ1v) is 5.03. The molecule has 0 aliphatic rings. The molecule has 86 valence electrons. The molecule has 1 aromatic heterocycles. The van der Waals surface area contributed by atoms with Gasteiger partial charge in [-0.15, -0.1) is 12.4 Å². The minimum atomic E-state index is -1.43. The molecular formula is C10H14BClN2O2. The van der Waals surface area contributed by atoms with Crippen molar-refractivity contribution >= 4 is 36.0 Å². The van der Waals surface area contributed by atoms with Gasteiger partial charge >= 0.3 is 7.12 Å². The second-order valence-electron chi connectivity index (χ2n) is 3.56. The van der Waals surface area contributed by atoms with E-state index < -0.39 is 7.12 Å². The number of nitrogens with zero attached hydrogens (tertiary/aromatic N) is 2. The summed E-state index contributed by atoms with van der Waals surface area (Å²) in [5, 5.41) is 18.0. The maximum Gasteiger partial charge on any atom is 0.488 e. The van der Waals surface area contributed by atoms with Crippen molar-refractivity contribution in [2.24, 2.45) is 0 Å². The summed E-state index contributed by atoms with van der Waals surface area (Å²) >= 11 is 0. The van der Waals surface area contributed by atoms with Crippen LogP contribution in [0.15, 0.2) is 24.5 Å². The highest BCUT2D eigenvalue weighted by Crippen LogP contribution is 2.11. The summed E-state index contributed by atoms with van der Waals surface area (Å²) in [5.74, 6) is 0. The van der Waals surface area contributed by atoms with Gasteiger partial charge in [0.15, 0.2) is 0 Å². The molecule has 0 bridgehead atoms. The third kappa shape index (κ3) is 2.37. The maximum absolute atomic E-state index is 9.01. The minimum Gasteiger partial charge on any atom is -0.423 e. The van der Waals surface area contributed by atoms with Crippen molar-refractivity contribution in [3.05, 3.63) is 24.5 Å². The summed E-state index contributed by atoms with van der Waals surface area (Å²) < 4.78 is 2.06. The lowest BCUT2D eigenvalue weighted by Crippen LogP contribution is -2.29. The molecule has 2 rings (SSSR count). The van der Waals surface area contributed by atoms with Crippen LogP contribution in [0.25, 0.3) is 11.0 Å². The molecule has 0 fully saturated rings. The van der Waals surface area contributed by atoms with Gasteiger partial charge in [-0.3, -0.25) is 0 Å². The van der Waals surface area contributed by atoms with Crippen LogP contribution in [0.1, 0.15) is 13.3 Å². The van der Waals surface area contributed by atoms with Crippen LogP contribution in [-0.2, 0) is 6.54 Å². The van der Waals surface area contributed by atoms with Crippen LogP contribution in [-0.4, -0.2) is 26.7 Å². The van der Waals surface area contributed by atoms with Gasteiger partial charge in [0, 0.05) is 6.54 Å². The Kier molecular flexibility index (Phi) is 4.35. The summed E-state index contributed by atoms with van der Waals surface area (Å²) in [5.41, 5.74) is 2.31. The van der Waals surface area contributed by atoms with E-state index >= 15 is 0 Å². The second-order valence-corrected chi connectivity index (χ2v) is 3.56. The van der Waals surface area contributed by atoms with Gasteiger partial charge in [0.1, 0.15) is 0 Å². The Hall–Kier alpha value is -1.04. The van der Waals surface area contributed by atoms with Gasteiger partial charge in [-0.25, -0.2) is 4.98 Å². The number of hydrogen-bond acceptors (Lipinski definition) is 3. The Labute approximate surface area is 100 Å². The third-order valence-electron chi connectivity index (χ3n) is 2.41. The van der Waals surface area contributed by atoms with Crippen LogP contribution in [0.3, 0.4) is 0 Å². The van der Waals surface area contributed by atoms with Gasteiger partial charge in [-0.05, 0) is 24.0 Å². The van der Waals surface area contributed by atoms with Crippen molar-refractivity contribution in [1.29, 1.82) is 0 Å².